The van der Waals surface area contributed by atoms with Crippen LogP contribution in [-0.4, -0.2) is 27.7 Å². The van der Waals surface area contributed by atoms with Gasteiger partial charge in [-0.25, -0.2) is 4.98 Å². The number of nitrogens with zero attached hydrogens (tertiary/aromatic N) is 3. The summed E-state index contributed by atoms with van der Waals surface area (Å²) in [5.74, 6) is 0.901. The first kappa shape index (κ1) is 12.9. The molecule has 3 rings (SSSR count). The topological polar surface area (TPSA) is 82.5 Å². The predicted octanol–water partition coefficient (Wildman–Crippen LogP) is 1.76. The minimum atomic E-state index is -0.0952. The highest BCUT2D eigenvalue weighted by atomic mass is 16.5. The lowest BCUT2D eigenvalue weighted by Crippen LogP contribution is -2.22. The average Bonchev–Trinajstić information content (AvgIpc) is 2.95. The highest BCUT2D eigenvalue weighted by Crippen LogP contribution is 2.36. The monoisotopic (exact) mass is 274 g/mol. The molecular weight excluding hydrogens is 256 g/mol. The lowest BCUT2D eigenvalue weighted by molar-refractivity contribution is -0.146. The largest absolute Gasteiger partial charge is 0.469 e. The molecular formula is C14H18N4O2. The van der Waals surface area contributed by atoms with Gasteiger partial charge in [0.25, 0.3) is 0 Å². The first-order valence-electron chi connectivity index (χ1n) is 6.87. The van der Waals surface area contributed by atoms with Crippen LogP contribution in [-0.2, 0) is 9.53 Å². The molecule has 20 heavy (non-hydrogen) atoms. The van der Waals surface area contributed by atoms with E-state index in [1.807, 2.05) is 12.1 Å². The van der Waals surface area contributed by atoms with Crippen molar-refractivity contribution in [1.29, 1.82) is 0 Å². The van der Waals surface area contributed by atoms with Gasteiger partial charge in [-0.1, -0.05) is 0 Å². The van der Waals surface area contributed by atoms with E-state index in [1.54, 1.807) is 10.7 Å². The molecule has 0 aliphatic heterocycles. The van der Waals surface area contributed by atoms with E-state index in [0.29, 0.717) is 11.7 Å². The van der Waals surface area contributed by atoms with Crippen LogP contribution in [0.5, 0.6) is 0 Å². The van der Waals surface area contributed by atoms with Crippen molar-refractivity contribution in [2.75, 3.05) is 12.8 Å². The van der Waals surface area contributed by atoms with Crippen molar-refractivity contribution < 1.29 is 9.53 Å². The number of rotatable bonds is 2. The van der Waals surface area contributed by atoms with Crippen molar-refractivity contribution in [1.82, 2.24) is 14.6 Å². The first-order chi connectivity index (χ1) is 9.69. The summed E-state index contributed by atoms with van der Waals surface area (Å²) in [4.78, 5) is 16.1. The molecule has 2 aromatic heterocycles. The van der Waals surface area contributed by atoms with Crippen LogP contribution in [0.1, 0.15) is 37.3 Å². The number of carbonyl (C=O) groups excluding carboxylic acids is 1. The van der Waals surface area contributed by atoms with Crippen LogP contribution in [0.2, 0.25) is 0 Å². The van der Waals surface area contributed by atoms with Gasteiger partial charge in [0.2, 0.25) is 0 Å². The quantitative estimate of drug-likeness (QED) is 0.844. The molecule has 1 saturated carbocycles. The number of hydrogen-bond acceptors (Lipinski definition) is 5. The molecule has 1 aliphatic rings. The molecule has 0 amide bonds. The Balaban J connectivity index is 1.78. The standard InChI is InChI=1S/C14H18N4O2/c1-20-14(19)10-4-2-9(3-5-10)11-8-12(15)18-13(17-11)6-7-16-18/h6-10H,2-5,15H2,1H3/t9-,10-. The second-order valence-electron chi connectivity index (χ2n) is 5.28. The van der Waals surface area contributed by atoms with Crippen LogP contribution in [0.4, 0.5) is 5.82 Å². The maximum Gasteiger partial charge on any atom is 0.308 e. The lowest BCUT2D eigenvalue weighted by atomic mass is 9.80. The Morgan fingerprint density at radius 2 is 2.15 bits per heavy atom. The Morgan fingerprint density at radius 3 is 2.85 bits per heavy atom. The molecule has 0 aromatic carbocycles. The number of fused-ring (bicyclic) bond motifs is 1. The molecule has 2 aromatic rings. The normalized spacial score (nSPS) is 22.9. The van der Waals surface area contributed by atoms with Crippen LogP contribution in [0.15, 0.2) is 18.3 Å². The van der Waals surface area contributed by atoms with Crippen LogP contribution in [0, 0.1) is 5.92 Å². The number of aromatic nitrogens is 3. The fraction of sp³-hybridized carbons (Fsp3) is 0.500. The average molecular weight is 274 g/mol. The minimum absolute atomic E-state index is 0.0345. The third-order valence-electron chi connectivity index (χ3n) is 4.09. The number of methoxy groups -OCH3 is 1. The number of hydrogen-bond donors (Lipinski definition) is 1. The highest BCUT2D eigenvalue weighted by molar-refractivity contribution is 5.72. The van der Waals surface area contributed by atoms with E-state index in [2.05, 4.69) is 10.1 Å². The first-order valence-corrected chi connectivity index (χ1v) is 6.87. The molecule has 1 aliphatic carbocycles. The van der Waals surface area contributed by atoms with Crippen molar-refractivity contribution in [3.8, 4) is 0 Å². The van der Waals surface area contributed by atoms with Gasteiger partial charge >= 0.3 is 5.97 Å². The molecule has 1 fully saturated rings. The molecule has 0 unspecified atom stereocenters. The smallest absolute Gasteiger partial charge is 0.308 e. The summed E-state index contributed by atoms with van der Waals surface area (Å²) in [6.07, 6.45) is 5.27. The summed E-state index contributed by atoms with van der Waals surface area (Å²) < 4.78 is 6.44. The SMILES string of the molecule is COC(=O)[C@H]1CC[C@H](c2cc(N)n3nccc3n2)CC1. The fourth-order valence-electron chi connectivity index (χ4n) is 2.96. The molecule has 6 heteroatoms. The van der Waals surface area contributed by atoms with E-state index < -0.39 is 0 Å². The number of anilines is 1. The van der Waals surface area contributed by atoms with Crippen molar-refractivity contribution in [3.63, 3.8) is 0 Å². The zero-order valence-corrected chi connectivity index (χ0v) is 11.5. The molecule has 0 spiro atoms. The zero-order chi connectivity index (χ0) is 14.1. The van der Waals surface area contributed by atoms with Gasteiger partial charge in [-0.15, -0.1) is 0 Å². The van der Waals surface area contributed by atoms with Crippen molar-refractivity contribution in [2.24, 2.45) is 5.92 Å². The second-order valence-corrected chi connectivity index (χ2v) is 5.28. The van der Waals surface area contributed by atoms with E-state index >= 15 is 0 Å². The van der Waals surface area contributed by atoms with Gasteiger partial charge in [-0.05, 0) is 25.7 Å². The third kappa shape index (κ3) is 2.21. The maximum atomic E-state index is 11.5. The summed E-state index contributed by atoms with van der Waals surface area (Å²) in [5.41, 5.74) is 7.76. The molecule has 6 nitrogen and oxygen atoms in total. The number of nitrogen functional groups attached to an aromatic ring is 1. The van der Waals surface area contributed by atoms with Crippen LogP contribution >= 0.6 is 0 Å². The van der Waals surface area contributed by atoms with Gasteiger partial charge in [-0.3, -0.25) is 4.79 Å². The maximum absolute atomic E-state index is 11.5. The van der Waals surface area contributed by atoms with E-state index in [1.165, 1.54) is 7.11 Å². The highest BCUT2D eigenvalue weighted by Gasteiger charge is 2.28. The molecule has 2 heterocycles. The predicted molar refractivity (Wildman–Crippen MR) is 74.1 cm³/mol. The molecule has 106 valence electrons. The molecule has 0 radical (unpaired) electrons. The summed E-state index contributed by atoms with van der Waals surface area (Å²) in [6, 6.07) is 3.74. The third-order valence-corrected chi connectivity index (χ3v) is 4.09. The van der Waals surface area contributed by atoms with Crippen LogP contribution in [0.25, 0.3) is 5.65 Å². The van der Waals surface area contributed by atoms with Gasteiger partial charge in [0.15, 0.2) is 5.65 Å². The Morgan fingerprint density at radius 1 is 1.40 bits per heavy atom. The fourth-order valence-corrected chi connectivity index (χ4v) is 2.96. The van der Waals surface area contributed by atoms with E-state index in [4.69, 9.17) is 10.5 Å². The Bertz CT molecular complexity index is 629. The molecule has 0 bridgehead atoms. The minimum Gasteiger partial charge on any atom is -0.469 e. The van der Waals surface area contributed by atoms with E-state index in [0.717, 1.165) is 37.0 Å². The van der Waals surface area contributed by atoms with Gasteiger partial charge in [-0.2, -0.15) is 9.61 Å². The van der Waals surface area contributed by atoms with Crippen LogP contribution < -0.4 is 5.73 Å². The van der Waals surface area contributed by atoms with Gasteiger partial charge in [0, 0.05) is 23.7 Å². The van der Waals surface area contributed by atoms with Gasteiger partial charge < -0.3 is 10.5 Å². The van der Waals surface area contributed by atoms with E-state index in [-0.39, 0.29) is 11.9 Å². The van der Waals surface area contributed by atoms with Crippen molar-refractivity contribution in [3.05, 3.63) is 24.0 Å². The van der Waals surface area contributed by atoms with Crippen molar-refractivity contribution in [2.45, 2.75) is 31.6 Å². The van der Waals surface area contributed by atoms with E-state index in [9.17, 15) is 4.79 Å². The molecule has 2 N–H and O–H groups in total. The summed E-state index contributed by atoms with van der Waals surface area (Å²) in [6.45, 7) is 0. The number of carbonyl (C=O) groups is 1. The van der Waals surface area contributed by atoms with Crippen molar-refractivity contribution >= 4 is 17.4 Å². The Hall–Kier alpha value is -2.11. The van der Waals surface area contributed by atoms with Crippen LogP contribution in [0.3, 0.4) is 0 Å². The zero-order valence-electron chi connectivity index (χ0n) is 11.5. The Kier molecular flexibility index (Phi) is 3.30. The second kappa shape index (κ2) is 5.11. The molecule has 0 atom stereocenters. The number of nitrogens with two attached hydrogens (primary N) is 1. The van der Waals surface area contributed by atoms with Gasteiger partial charge in [0.1, 0.15) is 5.82 Å². The summed E-state index contributed by atoms with van der Waals surface area (Å²) in [7, 11) is 1.45. The number of esters is 1. The summed E-state index contributed by atoms with van der Waals surface area (Å²) >= 11 is 0. The Labute approximate surface area is 116 Å². The lowest BCUT2D eigenvalue weighted by Gasteiger charge is -2.26. The van der Waals surface area contributed by atoms with Gasteiger partial charge in [0.05, 0.1) is 19.2 Å². The number of ether oxygens (including phenoxy) is 1. The summed E-state index contributed by atoms with van der Waals surface area (Å²) in [5, 5.41) is 4.12. The molecule has 0 saturated heterocycles.